The van der Waals surface area contributed by atoms with E-state index in [2.05, 4.69) is 29.1 Å². The van der Waals surface area contributed by atoms with Crippen LogP contribution in [0.5, 0.6) is 0 Å². The van der Waals surface area contributed by atoms with Crippen LogP contribution in [0.2, 0.25) is 0 Å². The molecule has 1 aromatic heterocycles. The van der Waals surface area contributed by atoms with Crippen LogP contribution in [-0.2, 0) is 4.74 Å². The number of rotatable bonds is 4. The van der Waals surface area contributed by atoms with E-state index in [1.54, 1.807) is 0 Å². The highest BCUT2D eigenvalue weighted by Crippen LogP contribution is 2.10. The molecule has 1 amide bonds. The summed E-state index contributed by atoms with van der Waals surface area (Å²) in [7, 11) is 0. The average molecular weight is 223 g/mol. The Balaban J connectivity index is 2.32. The molecule has 0 saturated carbocycles. The number of nitrogens with zero attached hydrogens (tertiary/aromatic N) is 2. The van der Waals surface area contributed by atoms with Crippen LogP contribution in [0.3, 0.4) is 0 Å². The van der Waals surface area contributed by atoms with E-state index in [1.165, 1.54) is 18.6 Å². The number of ether oxygens (including phenoxy) is 1. The van der Waals surface area contributed by atoms with Crippen molar-refractivity contribution in [1.29, 1.82) is 0 Å². The van der Waals surface area contributed by atoms with Crippen LogP contribution >= 0.6 is 0 Å². The first-order valence-electron chi connectivity index (χ1n) is 5.29. The second-order valence-electron chi connectivity index (χ2n) is 4.04. The summed E-state index contributed by atoms with van der Waals surface area (Å²) in [5.41, 5.74) is 0. The molecule has 16 heavy (non-hydrogen) atoms. The molecule has 5 heteroatoms. The molecule has 1 heterocycles. The average Bonchev–Trinajstić information content (AvgIpc) is 2.27. The lowest BCUT2D eigenvalue weighted by molar-refractivity contribution is 0.133. The van der Waals surface area contributed by atoms with Gasteiger partial charge in [-0.3, -0.25) is 10.3 Å². The largest absolute Gasteiger partial charge is 0.449 e. The summed E-state index contributed by atoms with van der Waals surface area (Å²) in [6.07, 6.45) is 4.02. The summed E-state index contributed by atoms with van der Waals surface area (Å²) in [4.78, 5) is 19.1. The van der Waals surface area contributed by atoms with Crippen LogP contribution in [-0.4, -0.2) is 22.7 Å². The van der Waals surface area contributed by atoms with Crippen LogP contribution < -0.4 is 5.32 Å². The minimum Gasteiger partial charge on any atom is -0.449 e. The quantitative estimate of drug-likeness (QED) is 0.850. The fourth-order valence-corrected chi connectivity index (χ4v) is 0.904. The molecular weight excluding hydrogens is 206 g/mol. The Morgan fingerprint density at radius 2 is 2.19 bits per heavy atom. The van der Waals surface area contributed by atoms with Gasteiger partial charge in [0, 0.05) is 12.4 Å². The molecule has 0 aliphatic heterocycles. The number of nitrogens with one attached hydrogen (secondary N) is 1. The lowest BCUT2D eigenvalue weighted by Gasteiger charge is -2.15. The second kappa shape index (κ2) is 6.05. The topological polar surface area (TPSA) is 64.1 Å². The molecule has 1 unspecified atom stereocenters. The van der Waals surface area contributed by atoms with Gasteiger partial charge in [-0.25, -0.2) is 9.78 Å². The van der Waals surface area contributed by atoms with E-state index in [0.29, 0.717) is 24.3 Å². The third-order valence-electron chi connectivity index (χ3n) is 2.41. The maximum Gasteiger partial charge on any atom is 0.412 e. The zero-order chi connectivity index (χ0) is 12.0. The van der Waals surface area contributed by atoms with E-state index in [0.717, 1.165) is 0 Å². The SMILES string of the molecule is CC(C)C(C)COC(=O)Nc1cnccn1. The van der Waals surface area contributed by atoms with Gasteiger partial charge < -0.3 is 4.74 Å². The van der Waals surface area contributed by atoms with Crippen molar-refractivity contribution >= 4 is 11.9 Å². The van der Waals surface area contributed by atoms with Crippen molar-refractivity contribution in [3.8, 4) is 0 Å². The fraction of sp³-hybridized carbons (Fsp3) is 0.545. The minimum atomic E-state index is -0.493. The molecular formula is C11H17N3O2. The number of carbonyl (C=O) groups excluding carboxylic acids is 1. The van der Waals surface area contributed by atoms with E-state index in [-0.39, 0.29) is 0 Å². The van der Waals surface area contributed by atoms with Crippen LogP contribution in [0.1, 0.15) is 20.8 Å². The summed E-state index contributed by atoms with van der Waals surface area (Å²) >= 11 is 0. The minimum absolute atomic E-state index is 0.340. The highest BCUT2D eigenvalue weighted by molar-refractivity contribution is 5.82. The zero-order valence-corrected chi connectivity index (χ0v) is 9.80. The normalized spacial score (nSPS) is 12.2. The van der Waals surface area contributed by atoms with Crippen molar-refractivity contribution in [3.63, 3.8) is 0 Å². The van der Waals surface area contributed by atoms with E-state index < -0.39 is 6.09 Å². The van der Waals surface area contributed by atoms with Gasteiger partial charge in [0.05, 0.1) is 12.8 Å². The Morgan fingerprint density at radius 1 is 1.44 bits per heavy atom. The van der Waals surface area contributed by atoms with Gasteiger partial charge in [0.25, 0.3) is 0 Å². The maximum atomic E-state index is 11.3. The number of carbonyl (C=O) groups is 1. The molecule has 0 fully saturated rings. The highest BCUT2D eigenvalue weighted by atomic mass is 16.5. The van der Waals surface area contributed by atoms with E-state index in [9.17, 15) is 4.79 Å². The maximum absolute atomic E-state index is 11.3. The van der Waals surface area contributed by atoms with Crippen molar-refractivity contribution in [2.24, 2.45) is 11.8 Å². The smallest absolute Gasteiger partial charge is 0.412 e. The Morgan fingerprint density at radius 3 is 2.75 bits per heavy atom. The van der Waals surface area contributed by atoms with Gasteiger partial charge in [-0.15, -0.1) is 0 Å². The second-order valence-corrected chi connectivity index (χ2v) is 4.04. The Bertz CT molecular complexity index is 327. The van der Waals surface area contributed by atoms with Gasteiger partial charge >= 0.3 is 6.09 Å². The monoisotopic (exact) mass is 223 g/mol. The van der Waals surface area contributed by atoms with Gasteiger partial charge in [0.15, 0.2) is 5.82 Å². The van der Waals surface area contributed by atoms with Crippen LogP contribution in [0.15, 0.2) is 18.6 Å². The number of amides is 1. The van der Waals surface area contributed by atoms with Gasteiger partial charge in [-0.1, -0.05) is 20.8 Å². The first-order valence-corrected chi connectivity index (χ1v) is 5.29. The number of aromatic nitrogens is 2. The molecule has 0 bridgehead atoms. The van der Waals surface area contributed by atoms with Crippen molar-refractivity contribution < 1.29 is 9.53 Å². The number of anilines is 1. The Labute approximate surface area is 95.3 Å². The molecule has 1 N–H and O–H groups in total. The molecule has 5 nitrogen and oxygen atoms in total. The van der Waals surface area contributed by atoms with Crippen LogP contribution in [0, 0.1) is 11.8 Å². The third kappa shape index (κ3) is 4.25. The molecule has 0 saturated heterocycles. The predicted molar refractivity (Wildman–Crippen MR) is 61.0 cm³/mol. The van der Waals surface area contributed by atoms with Crippen molar-refractivity contribution in [2.75, 3.05) is 11.9 Å². The first-order chi connectivity index (χ1) is 7.59. The summed E-state index contributed by atoms with van der Waals surface area (Å²) in [5.74, 6) is 1.22. The molecule has 1 atom stereocenters. The van der Waals surface area contributed by atoms with Crippen LogP contribution in [0.25, 0.3) is 0 Å². The molecule has 0 spiro atoms. The van der Waals surface area contributed by atoms with Gasteiger partial charge in [-0.2, -0.15) is 0 Å². The van der Waals surface area contributed by atoms with Crippen LogP contribution in [0.4, 0.5) is 10.6 Å². The Kier molecular flexibility index (Phi) is 4.69. The lowest BCUT2D eigenvalue weighted by atomic mass is 10.00. The Hall–Kier alpha value is -1.65. The van der Waals surface area contributed by atoms with E-state index in [4.69, 9.17) is 4.74 Å². The predicted octanol–water partition coefficient (Wildman–Crippen LogP) is 2.32. The summed E-state index contributed by atoms with van der Waals surface area (Å²) in [6.45, 7) is 6.63. The van der Waals surface area contributed by atoms with Crippen molar-refractivity contribution in [2.45, 2.75) is 20.8 Å². The van der Waals surface area contributed by atoms with Crippen molar-refractivity contribution in [3.05, 3.63) is 18.6 Å². The number of hydrogen-bond donors (Lipinski definition) is 1. The molecule has 88 valence electrons. The first kappa shape index (κ1) is 12.4. The van der Waals surface area contributed by atoms with Crippen molar-refractivity contribution in [1.82, 2.24) is 9.97 Å². The summed E-state index contributed by atoms with van der Waals surface area (Å²) in [5, 5.41) is 2.50. The number of hydrogen-bond acceptors (Lipinski definition) is 4. The molecule has 0 aromatic carbocycles. The summed E-state index contributed by atoms with van der Waals surface area (Å²) in [6, 6.07) is 0. The lowest BCUT2D eigenvalue weighted by Crippen LogP contribution is -2.20. The molecule has 1 aromatic rings. The van der Waals surface area contributed by atoms with Gasteiger partial charge in [0.2, 0.25) is 0 Å². The standard InChI is InChI=1S/C11H17N3O2/c1-8(2)9(3)7-16-11(15)14-10-6-12-4-5-13-10/h4-6,8-9H,7H2,1-3H3,(H,13,14,15). The highest BCUT2D eigenvalue weighted by Gasteiger charge is 2.10. The van der Waals surface area contributed by atoms with E-state index >= 15 is 0 Å². The van der Waals surface area contributed by atoms with Gasteiger partial charge in [0.1, 0.15) is 0 Å². The van der Waals surface area contributed by atoms with Gasteiger partial charge in [-0.05, 0) is 11.8 Å². The molecule has 0 aliphatic carbocycles. The summed E-state index contributed by atoms with van der Waals surface area (Å²) < 4.78 is 5.05. The third-order valence-corrected chi connectivity index (χ3v) is 2.41. The zero-order valence-electron chi connectivity index (χ0n) is 9.80. The molecule has 0 radical (unpaired) electrons. The van der Waals surface area contributed by atoms with E-state index in [1.807, 2.05) is 6.92 Å². The molecule has 1 rings (SSSR count). The fourth-order valence-electron chi connectivity index (χ4n) is 0.904. The molecule has 0 aliphatic rings.